The number of carbonyl (C=O) groups is 2. The number of imide groups is 1. The summed E-state index contributed by atoms with van der Waals surface area (Å²) < 4.78 is 0. The van der Waals surface area contributed by atoms with E-state index in [1.807, 2.05) is 37.3 Å². The van der Waals surface area contributed by atoms with Crippen LogP contribution in [0.3, 0.4) is 0 Å². The van der Waals surface area contributed by atoms with Crippen molar-refractivity contribution >= 4 is 23.5 Å². The van der Waals surface area contributed by atoms with Gasteiger partial charge in [-0.1, -0.05) is 25.1 Å². The van der Waals surface area contributed by atoms with Crippen molar-refractivity contribution in [2.45, 2.75) is 19.4 Å². The molecule has 0 aromatic heterocycles. The average Bonchev–Trinajstić information content (AvgIpc) is 2.45. The zero-order valence-electron chi connectivity index (χ0n) is 11.2. The summed E-state index contributed by atoms with van der Waals surface area (Å²) in [7, 11) is 0. The van der Waals surface area contributed by atoms with Crippen molar-refractivity contribution in [3.63, 3.8) is 0 Å². The Kier molecular flexibility index (Phi) is 4.31. The first kappa shape index (κ1) is 14.0. The van der Waals surface area contributed by atoms with E-state index < -0.39 is 6.04 Å². The van der Waals surface area contributed by atoms with Crippen molar-refractivity contribution < 1.29 is 9.59 Å². The Balaban J connectivity index is 2.31. The summed E-state index contributed by atoms with van der Waals surface area (Å²) >= 11 is 0. The van der Waals surface area contributed by atoms with E-state index in [0.29, 0.717) is 18.1 Å². The second-order valence-corrected chi connectivity index (χ2v) is 4.38. The van der Waals surface area contributed by atoms with E-state index in [4.69, 9.17) is 5.84 Å². The van der Waals surface area contributed by atoms with Crippen molar-refractivity contribution in [1.82, 2.24) is 15.6 Å². The van der Waals surface area contributed by atoms with Crippen LogP contribution in [0, 0.1) is 0 Å². The van der Waals surface area contributed by atoms with Crippen molar-refractivity contribution in [2.75, 3.05) is 6.54 Å². The summed E-state index contributed by atoms with van der Waals surface area (Å²) in [5, 5.41) is 2.31. The van der Waals surface area contributed by atoms with Crippen LogP contribution < -0.4 is 16.6 Å². The molecular weight excluding hydrogens is 258 g/mol. The van der Waals surface area contributed by atoms with Gasteiger partial charge in [0, 0.05) is 0 Å². The van der Waals surface area contributed by atoms with Crippen LogP contribution >= 0.6 is 0 Å². The molecule has 4 N–H and O–H groups in total. The predicted octanol–water partition coefficient (Wildman–Crippen LogP) is -0.126. The van der Waals surface area contributed by atoms with E-state index in [2.05, 4.69) is 15.7 Å². The minimum absolute atomic E-state index is 0.0418. The maximum absolute atomic E-state index is 11.8. The van der Waals surface area contributed by atoms with Gasteiger partial charge in [-0.25, -0.2) is 10.8 Å². The standard InChI is InChI=1S/C13H17N5O2/c1-2-10-12(20)16-11(19)8-18(10)13(17-14)15-9-6-4-3-5-7-9/h3-7,10H,2,8,14H2,1H3,(H,15,17)(H,16,19,20). The minimum atomic E-state index is -0.466. The highest BCUT2D eigenvalue weighted by Crippen LogP contribution is 2.14. The lowest BCUT2D eigenvalue weighted by molar-refractivity contribution is -0.137. The van der Waals surface area contributed by atoms with E-state index in [1.54, 1.807) is 4.90 Å². The van der Waals surface area contributed by atoms with Crippen molar-refractivity contribution in [3.8, 4) is 0 Å². The normalized spacial score (nSPS) is 19.8. The first-order valence-corrected chi connectivity index (χ1v) is 6.36. The van der Waals surface area contributed by atoms with Crippen molar-refractivity contribution in [1.29, 1.82) is 0 Å². The molecule has 0 spiro atoms. The number of piperazine rings is 1. The van der Waals surface area contributed by atoms with Gasteiger partial charge >= 0.3 is 0 Å². The quantitative estimate of drug-likeness (QED) is 0.230. The second kappa shape index (κ2) is 6.16. The largest absolute Gasteiger partial charge is 0.320 e. The van der Waals surface area contributed by atoms with Gasteiger partial charge in [-0.3, -0.25) is 20.3 Å². The highest BCUT2D eigenvalue weighted by Gasteiger charge is 2.34. The van der Waals surface area contributed by atoms with Crippen LogP contribution in [0.4, 0.5) is 5.69 Å². The molecule has 7 nitrogen and oxygen atoms in total. The number of carbonyl (C=O) groups excluding carboxylic acids is 2. The van der Waals surface area contributed by atoms with Crippen LogP contribution in [0.2, 0.25) is 0 Å². The molecular formula is C13H17N5O2. The second-order valence-electron chi connectivity index (χ2n) is 4.38. The Morgan fingerprint density at radius 1 is 1.45 bits per heavy atom. The maximum Gasteiger partial charge on any atom is 0.249 e. The summed E-state index contributed by atoms with van der Waals surface area (Å²) in [6.07, 6.45) is 0.550. The number of nitrogens with zero attached hydrogens (tertiary/aromatic N) is 2. The topological polar surface area (TPSA) is 99.8 Å². The van der Waals surface area contributed by atoms with E-state index in [0.717, 1.165) is 0 Å². The molecule has 2 rings (SSSR count). The van der Waals surface area contributed by atoms with Gasteiger partial charge in [0.05, 0.1) is 5.69 Å². The number of amides is 2. The molecule has 1 atom stereocenters. The molecule has 7 heteroatoms. The Hall–Kier alpha value is -2.41. The number of rotatable bonds is 2. The lowest BCUT2D eigenvalue weighted by Gasteiger charge is -2.35. The number of guanidine groups is 1. The van der Waals surface area contributed by atoms with Gasteiger partial charge in [0.25, 0.3) is 0 Å². The third kappa shape index (κ3) is 2.94. The van der Waals surface area contributed by atoms with Crippen LogP contribution in [0.25, 0.3) is 0 Å². The minimum Gasteiger partial charge on any atom is -0.320 e. The number of hydrogen-bond donors (Lipinski definition) is 3. The highest BCUT2D eigenvalue weighted by atomic mass is 16.2. The third-order valence-corrected chi connectivity index (χ3v) is 3.03. The van der Waals surface area contributed by atoms with Crippen LogP contribution in [0.1, 0.15) is 13.3 Å². The number of hydrazine groups is 1. The fourth-order valence-corrected chi connectivity index (χ4v) is 2.10. The smallest absolute Gasteiger partial charge is 0.249 e. The summed E-state index contributed by atoms with van der Waals surface area (Å²) in [4.78, 5) is 29.3. The molecule has 106 valence electrons. The summed E-state index contributed by atoms with van der Waals surface area (Å²) in [5.41, 5.74) is 3.16. The predicted molar refractivity (Wildman–Crippen MR) is 74.8 cm³/mol. The molecule has 1 aromatic carbocycles. The molecule has 1 aliphatic heterocycles. The molecule has 0 radical (unpaired) electrons. The zero-order valence-corrected chi connectivity index (χ0v) is 11.2. The fraction of sp³-hybridized carbons (Fsp3) is 0.308. The Labute approximate surface area is 116 Å². The Morgan fingerprint density at radius 3 is 2.75 bits per heavy atom. The van der Waals surface area contributed by atoms with Gasteiger partial charge in [0.15, 0.2) is 0 Å². The van der Waals surface area contributed by atoms with Crippen molar-refractivity contribution in [2.24, 2.45) is 10.8 Å². The van der Waals surface area contributed by atoms with E-state index in [-0.39, 0.29) is 18.4 Å². The zero-order chi connectivity index (χ0) is 14.5. The molecule has 0 saturated carbocycles. The van der Waals surface area contributed by atoms with Crippen molar-refractivity contribution in [3.05, 3.63) is 30.3 Å². The van der Waals surface area contributed by atoms with Gasteiger partial charge in [0.1, 0.15) is 12.6 Å². The lowest BCUT2D eigenvalue weighted by Crippen LogP contribution is -2.62. The highest BCUT2D eigenvalue weighted by molar-refractivity contribution is 6.04. The van der Waals surface area contributed by atoms with Gasteiger partial charge in [-0.05, 0) is 18.6 Å². The van der Waals surface area contributed by atoms with Crippen LogP contribution in [0.5, 0.6) is 0 Å². The van der Waals surface area contributed by atoms with Gasteiger partial charge in [-0.15, -0.1) is 0 Å². The Bertz CT molecular complexity index is 529. The maximum atomic E-state index is 11.8. The SMILES string of the molecule is CCC1C(=O)NC(=O)CN1C(=Nc1ccccc1)NN. The molecule has 1 saturated heterocycles. The molecule has 1 unspecified atom stereocenters. The Morgan fingerprint density at radius 2 is 2.15 bits per heavy atom. The number of nitrogens with two attached hydrogens (primary N) is 1. The summed E-state index contributed by atoms with van der Waals surface area (Å²) in [5.74, 6) is 5.09. The summed E-state index contributed by atoms with van der Waals surface area (Å²) in [6.45, 7) is 1.91. The van der Waals surface area contributed by atoms with Gasteiger partial charge < -0.3 is 4.90 Å². The summed E-state index contributed by atoms with van der Waals surface area (Å²) in [6, 6.07) is 8.72. The van der Waals surface area contributed by atoms with Gasteiger partial charge in [0.2, 0.25) is 17.8 Å². The van der Waals surface area contributed by atoms with E-state index in [9.17, 15) is 9.59 Å². The number of hydrogen-bond acceptors (Lipinski definition) is 4. The van der Waals surface area contributed by atoms with Gasteiger partial charge in [-0.2, -0.15) is 0 Å². The third-order valence-electron chi connectivity index (χ3n) is 3.03. The first-order valence-electron chi connectivity index (χ1n) is 6.36. The molecule has 1 heterocycles. The molecule has 1 aromatic rings. The van der Waals surface area contributed by atoms with Crippen LogP contribution in [0.15, 0.2) is 35.3 Å². The molecule has 20 heavy (non-hydrogen) atoms. The first-order chi connectivity index (χ1) is 9.65. The van der Waals surface area contributed by atoms with Crippen LogP contribution in [-0.2, 0) is 9.59 Å². The monoisotopic (exact) mass is 275 g/mol. The molecule has 0 aliphatic carbocycles. The lowest BCUT2D eigenvalue weighted by atomic mass is 10.1. The average molecular weight is 275 g/mol. The fourth-order valence-electron chi connectivity index (χ4n) is 2.10. The van der Waals surface area contributed by atoms with Crippen LogP contribution in [-0.4, -0.2) is 35.3 Å². The molecule has 1 aliphatic rings. The van der Waals surface area contributed by atoms with E-state index in [1.165, 1.54) is 0 Å². The number of para-hydroxylation sites is 1. The number of aliphatic imine (C=N–C) groups is 1. The number of nitrogens with one attached hydrogen (secondary N) is 2. The molecule has 1 fully saturated rings. The molecule has 0 bridgehead atoms. The van der Waals surface area contributed by atoms with E-state index >= 15 is 0 Å². The molecule has 2 amide bonds. The number of benzene rings is 1.